The van der Waals surface area contributed by atoms with E-state index >= 15 is 0 Å². The van der Waals surface area contributed by atoms with Gasteiger partial charge in [0.2, 0.25) is 0 Å². The molecule has 0 saturated heterocycles. The van der Waals surface area contributed by atoms with Crippen molar-refractivity contribution in [3.05, 3.63) is 48.3 Å². The maximum atomic E-state index is 12.2. The molecule has 0 N–H and O–H groups in total. The van der Waals surface area contributed by atoms with Gasteiger partial charge in [-0.05, 0) is 39.0 Å². The minimum Gasteiger partial charge on any atom is -0.591 e. The largest absolute Gasteiger partial charge is 0.591 e. The maximum Gasteiger partial charge on any atom is 0.144 e. The number of rotatable bonds is 3. The molecule has 0 bridgehead atoms. The first-order valence-corrected chi connectivity index (χ1v) is 8.82. The third-order valence-corrected chi connectivity index (χ3v) is 4.99. The van der Waals surface area contributed by atoms with E-state index in [0.717, 1.165) is 22.2 Å². The van der Waals surface area contributed by atoms with E-state index in [1.165, 1.54) is 0 Å². The van der Waals surface area contributed by atoms with Gasteiger partial charge in [0, 0.05) is 24.2 Å². The number of nitrogens with zero attached hydrogens (tertiary/aromatic N) is 4. The molecule has 0 fully saturated rings. The molecule has 0 amide bonds. The molecule has 0 aliphatic rings. The van der Waals surface area contributed by atoms with E-state index in [4.69, 9.17) is 0 Å². The van der Waals surface area contributed by atoms with E-state index in [2.05, 4.69) is 14.5 Å². The molecule has 0 radical (unpaired) electrons. The summed E-state index contributed by atoms with van der Waals surface area (Å²) in [6.07, 6.45) is 3.29. The average molecular weight is 340 g/mol. The van der Waals surface area contributed by atoms with Gasteiger partial charge in [0.25, 0.3) is 0 Å². The smallest absolute Gasteiger partial charge is 0.144 e. The molecule has 0 aliphatic heterocycles. The first kappa shape index (κ1) is 16.7. The second kappa shape index (κ2) is 6.37. The van der Waals surface area contributed by atoms with Gasteiger partial charge in [-0.15, -0.1) is 0 Å². The predicted molar refractivity (Wildman–Crippen MR) is 99.4 cm³/mol. The van der Waals surface area contributed by atoms with Crippen molar-refractivity contribution in [3.63, 3.8) is 0 Å². The lowest BCUT2D eigenvalue weighted by Gasteiger charge is -2.17. The second-order valence-electron chi connectivity index (χ2n) is 6.52. The Morgan fingerprint density at radius 3 is 2.67 bits per heavy atom. The summed E-state index contributed by atoms with van der Waals surface area (Å²) in [6.45, 7) is 5.68. The Balaban J connectivity index is 2.08. The van der Waals surface area contributed by atoms with Gasteiger partial charge in [0.1, 0.15) is 28.0 Å². The number of pyridine rings is 1. The highest BCUT2D eigenvalue weighted by molar-refractivity contribution is 7.91. The lowest BCUT2D eigenvalue weighted by atomic mass is 10.1. The highest BCUT2D eigenvalue weighted by Gasteiger charge is 2.26. The molecule has 124 valence electrons. The summed E-state index contributed by atoms with van der Waals surface area (Å²) in [5.74, 6) is 0. The zero-order valence-electron chi connectivity index (χ0n) is 14.2. The minimum atomic E-state index is -1.32. The Labute approximate surface area is 144 Å². The third-order valence-electron chi connectivity index (χ3n) is 3.65. The van der Waals surface area contributed by atoms with E-state index < -0.39 is 16.1 Å². The molecule has 0 unspecified atom stereocenters. The van der Waals surface area contributed by atoms with Crippen molar-refractivity contribution in [3.8, 4) is 11.3 Å². The standard InChI is InChI=1S/C18H20N4OS/c1-18(2,3)24(23)20-12-15-13(9-7-11-19-15)17-14-8-5-6-10-16(14)22(4)21-17/h5-12H,1-4H3/b20-12+/t24-/m0/s1. The summed E-state index contributed by atoms with van der Waals surface area (Å²) in [7, 11) is 1.92. The molecule has 0 aliphatic carbocycles. The van der Waals surface area contributed by atoms with E-state index in [-0.39, 0.29) is 0 Å². The van der Waals surface area contributed by atoms with Crippen LogP contribution in [-0.4, -0.2) is 30.3 Å². The fourth-order valence-corrected chi connectivity index (χ4v) is 2.90. The summed E-state index contributed by atoms with van der Waals surface area (Å²) in [6, 6.07) is 11.9. The van der Waals surface area contributed by atoms with Crippen LogP contribution >= 0.6 is 0 Å². The van der Waals surface area contributed by atoms with E-state index in [9.17, 15) is 4.55 Å². The Morgan fingerprint density at radius 2 is 1.92 bits per heavy atom. The fourth-order valence-electron chi connectivity index (χ4n) is 2.39. The first-order chi connectivity index (χ1) is 11.4. The first-order valence-electron chi connectivity index (χ1n) is 7.71. The molecule has 2 aromatic heterocycles. The monoisotopic (exact) mass is 340 g/mol. The van der Waals surface area contributed by atoms with Crippen LogP contribution in [0.1, 0.15) is 26.5 Å². The Hall–Kier alpha value is -2.18. The SMILES string of the molecule is Cn1nc(-c2cccnc2/C=N/[S@@+]([O-])C(C)(C)C)c2ccccc21. The molecular weight excluding hydrogens is 320 g/mol. The van der Waals surface area contributed by atoms with Gasteiger partial charge in [-0.2, -0.15) is 5.10 Å². The number of aromatic nitrogens is 3. The van der Waals surface area contributed by atoms with Crippen molar-refractivity contribution in [2.75, 3.05) is 0 Å². The molecule has 1 aromatic carbocycles. The maximum absolute atomic E-state index is 12.2. The molecule has 1 atom stereocenters. The summed E-state index contributed by atoms with van der Waals surface area (Å²) >= 11 is -1.32. The van der Waals surface area contributed by atoms with E-state index in [1.54, 1.807) is 12.4 Å². The zero-order valence-corrected chi connectivity index (χ0v) is 15.0. The van der Waals surface area contributed by atoms with Gasteiger partial charge < -0.3 is 4.55 Å². The van der Waals surface area contributed by atoms with Crippen LogP contribution in [0.3, 0.4) is 0 Å². The van der Waals surface area contributed by atoms with Crippen LogP contribution in [0.15, 0.2) is 47.0 Å². The molecule has 5 nitrogen and oxygen atoms in total. The molecular formula is C18H20N4OS. The van der Waals surface area contributed by atoms with Gasteiger partial charge in [0.15, 0.2) is 0 Å². The van der Waals surface area contributed by atoms with Crippen molar-refractivity contribution in [1.82, 2.24) is 14.8 Å². The van der Waals surface area contributed by atoms with Gasteiger partial charge in [-0.3, -0.25) is 9.67 Å². The quantitative estimate of drug-likeness (QED) is 0.541. The predicted octanol–water partition coefficient (Wildman–Crippen LogP) is 3.52. The Morgan fingerprint density at radius 1 is 1.17 bits per heavy atom. The third kappa shape index (κ3) is 3.20. The highest BCUT2D eigenvalue weighted by atomic mass is 32.2. The molecule has 0 saturated carbocycles. The lowest BCUT2D eigenvalue weighted by molar-refractivity contribution is 0.562. The summed E-state index contributed by atoms with van der Waals surface area (Å²) in [5, 5.41) is 5.69. The Kier molecular flexibility index (Phi) is 4.43. The molecule has 2 heterocycles. The molecule has 0 spiro atoms. The Bertz CT molecular complexity index is 895. The summed E-state index contributed by atoms with van der Waals surface area (Å²) < 4.78 is 17.8. The number of benzene rings is 1. The summed E-state index contributed by atoms with van der Waals surface area (Å²) in [5.41, 5.74) is 3.45. The normalized spacial score (nSPS) is 13.7. The molecule has 6 heteroatoms. The molecule has 24 heavy (non-hydrogen) atoms. The topological polar surface area (TPSA) is 66.1 Å². The summed E-state index contributed by atoms with van der Waals surface area (Å²) in [4.78, 5) is 4.39. The number of hydrogen-bond acceptors (Lipinski definition) is 4. The minimum absolute atomic E-state index is 0.400. The van der Waals surface area contributed by atoms with Gasteiger partial charge in [-0.25, -0.2) is 0 Å². The van der Waals surface area contributed by atoms with E-state index in [0.29, 0.717) is 5.69 Å². The number of fused-ring (bicyclic) bond motifs is 1. The number of aryl methyl sites for hydroxylation is 1. The number of para-hydroxylation sites is 1. The van der Waals surface area contributed by atoms with Crippen LogP contribution in [0, 0.1) is 0 Å². The van der Waals surface area contributed by atoms with Gasteiger partial charge in [0.05, 0.1) is 11.2 Å². The lowest BCUT2D eigenvalue weighted by Crippen LogP contribution is -2.25. The van der Waals surface area contributed by atoms with Crippen molar-refractivity contribution in [1.29, 1.82) is 0 Å². The van der Waals surface area contributed by atoms with Crippen molar-refractivity contribution >= 4 is 28.5 Å². The molecule has 3 aromatic rings. The van der Waals surface area contributed by atoms with Crippen LogP contribution in [0.25, 0.3) is 22.2 Å². The second-order valence-corrected chi connectivity index (χ2v) is 8.46. The van der Waals surface area contributed by atoms with Crippen molar-refractivity contribution < 1.29 is 4.55 Å². The average Bonchev–Trinajstić information content (AvgIpc) is 2.89. The van der Waals surface area contributed by atoms with Crippen LogP contribution in [-0.2, 0) is 18.4 Å². The van der Waals surface area contributed by atoms with E-state index in [1.807, 2.05) is 68.9 Å². The zero-order chi connectivity index (χ0) is 17.3. The van der Waals surface area contributed by atoms with Crippen LogP contribution in [0.4, 0.5) is 0 Å². The van der Waals surface area contributed by atoms with Gasteiger partial charge >= 0.3 is 0 Å². The number of hydrogen-bond donors (Lipinski definition) is 0. The van der Waals surface area contributed by atoms with Crippen molar-refractivity contribution in [2.45, 2.75) is 25.5 Å². The highest BCUT2D eigenvalue weighted by Crippen LogP contribution is 2.28. The molecule has 3 rings (SSSR count). The van der Waals surface area contributed by atoms with Crippen LogP contribution in [0.2, 0.25) is 0 Å². The fraction of sp³-hybridized carbons (Fsp3) is 0.278. The van der Waals surface area contributed by atoms with Crippen molar-refractivity contribution in [2.24, 2.45) is 11.4 Å². The van der Waals surface area contributed by atoms with Gasteiger partial charge in [-0.1, -0.05) is 22.6 Å². The van der Waals surface area contributed by atoms with Crippen LogP contribution in [0.5, 0.6) is 0 Å². The van der Waals surface area contributed by atoms with Crippen LogP contribution < -0.4 is 0 Å².